The van der Waals surface area contributed by atoms with Gasteiger partial charge in [-0.2, -0.15) is 0 Å². The number of nitro groups is 3. The molecule has 0 amide bonds. The van der Waals surface area contributed by atoms with Crippen LogP contribution in [-0.4, -0.2) is 338 Å². The van der Waals surface area contributed by atoms with Crippen LogP contribution in [0.25, 0.3) is 0 Å². The number of Topliss-reactive ketones (excluding diaryl/α,β-unsaturated/α-hetero) is 1. The van der Waals surface area contributed by atoms with Gasteiger partial charge in [0, 0.05) is 88.0 Å². The zero-order valence-electron chi connectivity index (χ0n) is 64.2. The Kier molecular flexibility index (Phi) is 40.2. The van der Waals surface area contributed by atoms with Crippen molar-refractivity contribution in [2.24, 2.45) is 5.73 Å². The zero-order chi connectivity index (χ0) is 86.6. The number of unbranched alkanes of at least 4 members (excludes halogenated alkanes) is 3. The molecule has 0 saturated carbocycles. The molecule has 6 heterocycles. The molecule has 6 saturated heterocycles. The molecule has 0 aromatic heterocycles. The van der Waals surface area contributed by atoms with E-state index in [0.29, 0.717) is 51.5 Å². The number of esters is 3. The standard InChI is InChI=1S/C34H51NO19.C21H39NO14.C18H16N2O8/c1-17-26(41)21(39)14-25(49-17)53-32-31(54-33-30(45)29(44)27(42)22(15-36)51-33)28(43)23(16-37)52-34(32)48-13-5-4-7-19(38)6-2-3-8-24(40)50-20-11-9-18(10-12-20)35(46)47;1-8-13(26)9(25)5-12(32-8)35-19-18(15(28)11(7-24)34-21(19)31-4-2-3-22)36-20-17(30)16(29)14(27)10(6-23)33-20;21-17(27-15-9-5-13(6-10-15)19(23)24)3-1-2-4-18(22)28-16-11-7-14(8-12-16)20(25)26/h9-12,17,21-23,25-34,36-37,39,41-45H,2-8,13-16H2,1H3;8-21,23-30H,2-7,22H2,1H3;5-12H,1-4H2/t17?,21?,22?,23?,25-,26+,27-,28-,29-,30?,31-,32?,33+,34+;8?,9?,10?,11?,12-,13+,14-,15-,16-,17?,18-,19?,20+,21+;/m00./s1. The van der Waals surface area contributed by atoms with Crippen LogP contribution in [0.5, 0.6) is 17.2 Å². The number of nitrogens with zero attached hydrogens (tertiary/aromatic N) is 3. The van der Waals surface area contributed by atoms with E-state index in [1.54, 1.807) is 0 Å². The number of hydrogen-bond donors (Lipinski definition) is 17. The molecule has 3 aromatic rings. The second-order valence-corrected chi connectivity index (χ2v) is 28.3. The molecule has 45 nitrogen and oxygen atoms in total. The fraction of sp³-hybridized carbons (Fsp3) is 0.699. The first-order chi connectivity index (χ1) is 56.2. The summed E-state index contributed by atoms with van der Waals surface area (Å²) >= 11 is 0. The lowest BCUT2D eigenvalue weighted by atomic mass is 9.96. The van der Waals surface area contributed by atoms with Crippen LogP contribution in [0.4, 0.5) is 17.1 Å². The summed E-state index contributed by atoms with van der Waals surface area (Å²) in [4.78, 5) is 78.2. The van der Waals surface area contributed by atoms with Crippen LogP contribution < -0.4 is 19.9 Å². The molecule has 0 radical (unpaired) electrons. The van der Waals surface area contributed by atoms with Crippen LogP contribution in [0.1, 0.15) is 104 Å². The van der Waals surface area contributed by atoms with Gasteiger partial charge in [0.2, 0.25) is 0 Å². The van der Waals surface area contributed by atoms with Crippen molar-refractivity contribution in [3.05, 3.63) is 103 Å². The lowest BCUT2D eigenvalue weighted by molar-refractivity contribution is -0.385. The van der Waals surface area contributed by atoms with Crippen LogP contribution in [0, 0.1) is 30.3 Å². The van der Waals surface area contributed by atoms with Gasteiger partial charge in [-0.05, 0) is 102 Å². The summed E-state index contributed by atoms with van der Waals surface area (Å²) in [6.07, 6.45) is -35.9. The van der Waals surface area contributed by atoms with Crippen molar-refractivity contribution in [3.63, 3.8) is 0 Å². The molecule has 6 fully saturated rings. The highest BCUT2D eigenvalue weighted by Gasteiger charge is 2.56. The number of benzene rings is 3. The van der Waals surface area contributed by atoms with Gasteiger partial charge in [-0.1, -0.05) is 0 Å². The minimum absolute atomic E-state index is 0.00341. The number of ether oxygens (including phenoxy) is 15. The molecule has 118 heavy (non-hydrogen) atoms. The lowest BCUT2D eigenvalue weighted by Gasteiger charge is -2.48. The van der Waals surface area contributed by atoms with E-state index in [4.69, 9.17) is 76.8 Å². The first-order valence-corrected chi connectivity index (χ1v) is 38.2. The zero-order valence-corrected chi connectivity index (χ0v) is 64.2. The van der Waals surface area contributed by atoms with Gasteiger partial charge in [0.1, 0.15) is 133 Å². The van der Waals surface area contributed by atoms with E-state index in [1.807, 2.05) is 0 Å². The Hall–Kier alpha value is -7.22. The summed E-state index contributed by atoms with van der Waals surface area (Å²) in [6.45, 7) is 0.670. The van der Waals surface area contributed by atoms with Crippen LogP contribution in [0.15, 0.2) is 72.8 Å². The maximum atomic E-state index is 12.5. The van der Waals surface area contributed by atoms with E-state index in [-0.39, 0.29) is 98.3 Å². The molecule has 28 atom stereocenters. The van der Waals surface area contributed by atoms with Gasteiger partial charge in [0.25, 0.3) is 17.1 Å². The van der Waals surface area contributed by atoms with Crippen LogP contribution in [0.2, 0.25) is 0 Å². The number of rotatable bonds is 38. The van der Waals surface area contributed by atoms with Gasteiger partial charge >= 0.3 is 17.9 Å². The Labute approximate surface area is 673 Å². The van der Waals surface area contributed by atoms with E-state index in [0.717, 1.165) is 0 Å². The van der Waals surface area contributed by atoms with Gasteiger partial charge < -0.3 is 158 Å². The van der Waals surface area contributed by atoms with Gasteiger partial charge in [-0.25, -0.2) is 0 Å². The van der Waals surface area contributed by atoms with Gasteiger partial charge in [-0.15, -0.1) is 0 Å². The number of nitrogens with two attached hydrogens (primary N) is 1. The third kappa shape index (κ3) is 28.7. The minimum Gasteiger partial charge on any atom is -0.427 e. The molecule has 12 unspecified atom stereocenters. The predicted molar refractivity (Wildman–Crippen MR) is 390 cm³/mol. The largest absolute Gasteiger partial charge is 0.427 e. The third-order valence-electron chi connectivity index (χ3n) is 19.5. The number of nitro benzene ring substituents is 3. The summed E-state index contributed by atoms with van der Waals surface area (Å²) in [5.74, 6) is -1.03. The van der Waals surface area contributed by atoms with Crippen molar-refractivity contribution < 1.29 is 187 Å². The van der Waals surface area contributed by atoms with E-state index >= 15 is 0 Å². The fourth-order valence-electron chi connectivity index (χ4n) is 12.8. The highest BCUT2D eigenvalue weighted by molar-refractivity contribution is 5.78. The van der Waals surface area contributed by atoms with E-state index in [9.17, 15) is 131 Å². The first kappa shape index (κ1) is 97.9. The molecule has 0 bridgehead atoms. The second-order valence-electron chi connectivity index (χ2n) is 28.3. The average molecular weight is 1700 g/mol. The Morgan fingerprint density at radius 3 is 0.975 bits per heavy atom. The fourth-order valence-corrected chi connectivity index (χ4v) is 12.8. The summed E-state index contributed by atoms with van der Waals surface area (Å²) in [7, 11) is 0. The Bertz CT molecular complexity index is 3460. The van der Waals surface area contributed by atoms with Crippen LogP contribution >= 0.6 is 0 Å². The predicted octanol–water partition coefficient (Wildman–Crippen LogP) is -3.25. The summed E-state index contributed by atoms with van der Waals surface area (Å²) in [5, 5.41) is 195. The van der Waals surface area contributed by atoms with Crippen molar-refractivity contribution >= 4 is 40.8 Å². The average Bonchev–Trinajstić information content (AvgIpc) is 0.778. The van der Waals surface area contributed by atoms with Crippen LogP contribution in [-0.2, 0) is 76.0 Å². The number of carbonyl (C=O) groups is 4. The SMILES string of the molecule is CC1O[C@@H](OC2[C@H](OCCCCC(=O)CCCCC(=O)Oc3ccc([N+](=O)[O-])cc3)OC(CO)[C@H](O)[C@@H]2O[C@H]2OC(CO)[C@H](O)[C@H](O)C2O)CC(O)[C@@H]1O.CC1O[C@@H](OC2[C@H](OCCCN)OC(CO)[C@H](O)[C@@H]2O[C@H]2OC(CO)[C@H](O)[C@H](O)C2O)CC(O)[C@@H]1O.O=C(CCCCC(=O)Oc1ccc([N+](=O)[O-])cc1)Oc1ccc([N+](=O)[O-])cc1. The monoisotopic (exact) mass is 1690 g/mol. The molecule has 18 N–H and O–H groups in total. The second kappa shape index (κ2) is 48.4. The molecule has 6 aliphatic heterocycles. The normalized spacial score (nSPS) is 33.4. The van der Waals surface area contributed by atoms with E-state index in [1.165, 1.54) is 86.6 Å². The van der Waals surface area contributed by atoms with Crippen LogP contribution in [0.3, 0.4) is 0 Å². The number of aliphatic hydroxyl groups excluding tert-OH is 16. The molecular formula is C73H106N4O41. The number of carbonyl (C=O) groups excluding carboxylic acids is 4. The summed E-state index contributed by atoms with van der Waals surface area (Å²) in [5.41, 5.74) is 5.18. The Morgan fingerprint density at radius 1 is 0.373 bits per heavy atom. The van der Waals surface area contributed by atoms with Crippen molar-refractivity contribution in [1.29, 1.82) is 0 Å². The van der Waals surface area contributed by atoms with E-state index < -0.39 is 231 Å². The molecule has 45 heteroatoms. The Balaban J connectivity index is 0.000000260. The van der Waals surface area contributed by atoms with E-state index in [2.05, 4.69) is 0 Å². The molecule has 0 aliphatic carbocycles. The smallest absolute Gasteiger partial charge is 0.311 e. The lowest BCUT2D eigenvalue weighted by Crippen LogP contribution is -2.66. The maximum Gasteiger partial charge on any atom is 0.311 e. The molecule has 664 valence electrons. The minimum atomic E-state index is -1.85. The van der Waals surface area contributed by atoms with Crippen molar-refractivity contribution in [3.8, 4) is 17.2 Å². The summed E-state index contributed by atoms with van der Waals surface area (Å²) < 4.78 is 84.4. The third-order valence-corrected chi connectivity index (χ3v) is 19.5. The first-order valence-electron chi connectivity index (χ1n) is 38.2. The quantitative estimate of drug-likeness (QED) is 0.00881. The Morgan fingerprint density at radius 2 is 0.669 bits per heavy atom. The topological polar surface area (TPSA) is 686 Å². The highest BCUT2D eigenvalue weighted by Crippen LogP contribution is 2.37. The van der Waals surface area contributed by atoms with Gasteiger partial charge in [0.05, 0.1) is 72.2 Å². The molecule has 0 spiro atoms. The van der Waals surface area contributed by atoms with Gasteiger partial charge in [0.15, 0.2) is 37.7 Å². The number of aliphatic hydroxyl groups is 16. The molecular weight excluding hydrogens is 1590 g/mol. The van der Waals surface area contributed by atoms with Gasteiger partial charge in [-0.3, -0.25) is 49.5 Å². The molecule has 9 rings (SSSR count). The van der Waals surface area contributed by atoms with Crippen molar-refractivity contribution in [2.75, 3.05) is 46.2 Å². The maximum absolute atomic E-state index is 12.5. The molecule has 3 aromatic carbocycles. The van der Waals surface area contributed by atoms with Crippen molar-refractivity contribution in [2.45, 2.75) is 276 Å². The highest BCUT2D eigenvalue weighted by atomic mass is 16.8. The number of non-ortho nitro benzene ring substituents is 3. The molecule has 6 aliphatic rings. The summed E-state index contributed by atoms with van der Waals surface area (Å²) in [6, 6.07) is 15.4. The number of ketones is 1. The van der Waals surface area contributed by atoms with Crippen molar-refractivity contribution in [1.82, 2.24) is 0 Å². The number of hydrogen-bond acceptors (Lipinski definition) is 42.